The fraction of sp³-hybridized carbons (Fsp3) is 0.529. The van der Waals surface area contributed by atoms with Gasteiger partial charge in [0.25, 0.3) is 0 Å². The zero-order valence-electron chi connectivity index (χ0n) is 12.1. The van der Waals surface area contributed by atoms with Gasteiger partial charge in [-0.05, 0) is 31.9 Å². The second-order valence-electron chi connectivity index (χ2n) is 6.41. The fourth-order valence-electron chi connectivity index (χ4n) is 4.21. The maximum atomic E-state index is 9.95. The Morgan fingerprint density at radius 1 is 1.19 bits per heavy atom. The summed E-state index contributed by atoms with van der Waals surface area (Å²) in [5.74, 6) is 0.963. The number of hydrogen-bond acceptors (Lipinski definition) is 4. The first kappa shape index (κ1) is 13.3. The minimum absolute atomic E-state index is 0.00114. The average molecular weight is 287 g/mol. The molecule has 21 heavy (non-hydrogen) atoms. The minimum atomic E-state index is -0.485. The molecule has 1 aromatic heterocycles. The molecule has 3 heterocycles. The topological polar surface area (TPSA) is 56.8 Å². The van der Waals surface area contributed by atoms with Crippen LogP contribution in [0, 0.1) is 5.41 Å². The van der Waals surface area contributed by atoms with Crippen LogP contribution >= 0.6 is 0 Å². The van der Waals surface area contributed by atoms with Crippen molar-refractivity contribution in [3.05, 3.63) is 35.6 Å². The van der Waals surface area contributed by atoms with E-state index < -0.39 is 5.41 Å². The van der Waals surface area contributed by atoms with Gasteiger partial charge < -0.3 is 14.6 Å². The summed E-state index contributed by atoms with van der Waals surface area (Å²) in [6, 6.07) is 8.13. The maximum absolute atomic E-state index is 9.95. The highest BCUT2D eigenvalue weighted by atomic mass is 16.3. The first-order valence-corrected chi connectivity index (χ1v) is 7.75. The Morgan fingerprint density at radius 3 is 2.81 bits per heavy atom. The van der Waals surface area contributed by atoms with Crippen molar-refractivity contribution >= 4 is 11.0 Å². The van der Waals surface area contributed by atoms with Crippen LogP contribution in [0.4, 0.5) is 0 Å². The summed E-state index contributed by atoms with van der Waals surface area (Å²) in [7, 11) is 0. The van der Waals surface area contributed by atoms with E-state index >= 15 is 0 Å². The molecular weight excluding hydrogens is 266 g/mol. The minimum Gasteiger partial charge on any atom is -0.459 e. The Morgan fingerprint density at radius 2 is 2.00 bits per heavy atom. The van der Waals surface area contributed by atoms with Gasteiger partial charge in [-0.3, -0.25) is 4.90 Å². The molecule has 0 saturated carbocycles. The van der Waals surface area contributed by atoms with Crippen molar-refractivity contribution in [3.63, 3.8) is 0 Å². The van der Waals surface area contributed by atoms with Crippen molar-refractivity contribution in [2.75, 3.05) is 26.3 Å². The van der Waals surface area contributed by atoms with E-state index in [9.17, 15) is 10.2 Å². The first-order chi connectivity index (χ1) is 10.3. The summed E-state index contributed by atoms with van der Waals surface area (Å²) < 4.78 is 6.16. The molecule has 1 saturated heterocycles. The SMILES string of the molecule is OCC1(CO)CCCN2CCc3c(oc4ccccc34)C21. The van der Waals surface area contributed by atoms with Crippen LogP contribution in [0.25, 0.3) is 11.0 Å². The second-order valence-corrected chi connectivity index (χ2v) is 6.41. The number of para-hydroxylation sites is 1. The Kier molecular flexibility index (Phi) is 3.06. The summed E-state index contributed by atoms with van der Waals surface area (Å²) in [6.45, 7) is 1.99. The van der Waals surface area contributed by atoms with Crippen molar-refractivity contribution in [1.29, 1.82) is 0 Å². The number of fused-ring (bicyclic) bond motifs is 5. The number of rotatable bonds is 2. The summed E-state index contributed by atoms with van der Waals surface area (Å²) >= 11 is 0. The van der Waals surface area contributed by atoms with Crippen molar-refractivity contribution in [2.24, 2.45) is 5.41 Å². The van der Waals surface area contributed by atoms with Crippen molar-refractivity contribution in [1.82, 2.24) is 4.90 Å². The van der Waals surface area contributed by atoms with Crippen LogP contribution in [0.2, 0.25) is 0 Å². The normalized spacial score (nSPS) is 24.8. The summed E-state index contributed by atoms with van der Waals surface area (Å²) in [5.41, 5.74) is 1.70. The van der Waals surface area contributed by atoms with Crippen LogP contribution in [0.15, 0.2) is 28.7 Å². The fourth-order valence-corrected chi connectivity index (χ4v) is 4.21. The number of hydrogen-bond donors (Lipinski definition) is 2. The molecule has 112 valence electrons. The average Bonchev–Trinajstić information content (AvgIpc) is 2.92. The van der Waals surface area contributed by atoms with Crippen LogP contribution in [-0.4, -0.2) is 41.4 Å². The number of nitrogens with zero attached hydrogens (tertiary/aromatic N) is 1. The highest BCUT2D eigenvalue weighted by Gasteiger charge is 2.49. The number of aliphatic hydroxyl groups excluding tert-OH is 2. The molecule has 1 aromatic carbocycles. The molecule has 2 aliphatic rings. The smallest absolute Gasteiger partial charge is 0.134 e. The number of benzene rings is 1. The van der Waals surface area contributed by atoms with Gasteiger partial charge in [0.15, 0.2) is 0 Å². The molecule has 0 radical (unpaired) electrons. The second kappa shape index (κ2) is 4.83. The molecule has 0 amide bonds. The summed E-state index contributed by atoms with van der Waals surface area (Å²) in [5, 5.41) is 21.1. The maximum Gasteiger partial charge on any atom is 0.134 e. The van der Waals surface area contributed by atoms with Gasteiger partial charge in [-0.25, -0.2) is 0 Å². The molecule has 4 rings (SSSR count). The zero-order valence-corrected chi connectivity index (χ0v) is 12.1. The standard InChI is InChI=1S/C17H21NO3/c19-10-17(11-20)7-3-8-18-9-6-13-12-4-1-2-5-14(12)21-15(13)16(17)18/h1-2,4-5,16,19-20H,3,6-11H2. The summed E-state index contributed by atoms with van der Waals surface area (Å²) in [6.07, 6.45) is 2.85. The lowest BCUT2D eigenvalue weighted by Gasteiger charge is -2.49. The molecule has 2 aliphatic heterocycles. The van der Waals surface area contributed by atoms with Crippen molar-refractivity contribution in [3.8, 4) is 0 Å². The van der Waals surface area contributed by atoms with Gasteiger partial charge in [-0.15, -0.1) is 0 Å². The predicted octanol–water partition coefficient (Wildman–Crippen LogP) is 2.10. The number of aliphatic hydroxyl groups is 2. The van der Waals surface area contributed by atoms with Crippen LogP contribution in [0.3, 0.4) is 0 Å². The van der Waals surface area contributed by atoms with Crippen LogP contribution < -0.4 is 0 Å². The van der Waals surface area contributed by atoms with E-state index in [1.54, 1.807) is 0 Å². The Hall–Kier alpha value is -1.36. The lowest BCUT2D eigenvalue weighted by molar-refractivity contribution is -0.0734. The van der Waals surface area contributed by atoms with Gasteiger partial charge in [0, 0.05) is 22.9 Å². The molecule has 0 bridgehead atoms. The van der Waals surface area contributed by atoms with E-state index in [1.807, 2.05) is 18.2 Å². The molecule has 4 heteroatoms. The van der Waals surface area contributed by atoms with E-state index in [0.29, 0.717) is 0 Å². The highest BCUT2D eigenvalue weighted by Crippen LogP contribution is 2.50. The monoisotopic (exact) mass is 287 g/mol. The zero-order chi connectivity index (χ0) is 14.4. The molecule has 2 aromatic rings. The first-order valence-electron chi connectivity index (χ1n) is 7.75. The molecule has 4 nitrogen and oxygen atoms in total. The molecule has 0 spiro atoms. The Labute approximate surface area is 124 Å². The number of furan rings is 1. The van der Waals surface area contributed by atoms with Gasteiger partial charge in [0.05, 0.1) is 19.3 Å². The quantitative estimate of drug-likeness (QED) is 0.888. The predicted molar refractivity (Wildman–Crippen MR) is 80.1 cm³/mol. The Balaban J connectivity index is 1.91. The largest absolute Gasteiger partial charge is 0.459 e. The third-order valence-electron chi connectivity index (χ3n) is 5.32. The molecule has 1 fully saturated rings. The number of piperidine rings is 1. The van der Waals surface area contributed by atoms with Gasteiger partial charge in [0.2, 0.25) is 0 Å². The highest BCUT2D eigenvalue weighted by molar-refractivity contribution is 5.82. The van der Waals surface area contributed by atoms with Crippen LogP contribution in [-0.2, 0) is 6.42 Å². The molecule has 1 atom stereocenters. The lowest BCUT2D eigenvalue weighted by Crippen LogP contribution is -2.52. The summed E-state index contributed by atoms with van der Waals surface area (Å²) in [4.78, 5) is 2.38. The molecule has 0 aliphatic carbocycles. The Bertz CT molecular complexity index is 659. The van der Waals surface area contributed by atoms with Crippen molar-refractivity contribution < 1.29 is 14.6 Å². The van der Waals surface area contributed by atoms with Crippen molar-refractivity contribution in [2.45, 2.75) is 25.3 Å². The van der Waals surface area contributed by atoms with Gasteiger partial charge in [-0.1, -0.05) is 18.2 Å². The lowest BCUT2D eigenvalue weighted by atomic mass is 9.71. The van der Waals surface area contributed by atoms with E-state index in [4.69, 9.17) is 4.42 Å². The van der Waals surface area contributed by atoms with E-state index in [0.717, 1.165) is 43.7 Å². The molecular formula is C17H21NO3. The van der Waals surface area contributed by atoms with E-state index in [-0.39, 0.29) is 19.3 Å². The van der Waals surface area contributed by atoms with E-state index in [2.05, 4.69) is 11.0 Å². The van der Waals surface area contributed by atoms with E-state index in [1.165, 1.54) is 10.9 Å². The third kappa shape index (κ3) is 1.79. The van der Waals surface area contributed by atoms with Crippen LogP contribution in [0.1, 0.15) is 30.2 Å². The third-order valence-corrected chi connectivity index (χ3v) is 5.32. The van der Waals surface area contributed by atoms with Crippen LogP contribution in [0.5, 0.6) is 0 Å². The molecule has 2 N–H and O–H groups in total. The molecule has 1 unspecified atom stereocenters. The van der Waals surface area contributed by atoms with Gasteiger partial charge in [0.1, 0.15) is 11.3 Å². The van der Waals surface area contributed by atoms with Gasteiger partial charge >= 0.3 is 0 Å². The van der Waals surface area contributed by atoms with Gasteiger partial charge in [-0.2, -0.15) is 0 Å².